The van der Waals surface area contributed by atoms with Crippen molar-refractivity contribution in [1.29, 1.82) is 0 Å². The van der Waals surface area contributed by atoms with Crippen LogP contribution in [0.5, 0.6) is 0 Å². The summed E-state index contributed by atoms with van der Waals surface area (Å²) >= 11 is 0. The number of aromatic nitrogens is 1. The molecule has 1 aliphatic rings. The molecule has 0 aliphatic heterocycles. The van der Waals surface area contributed by atoms with E-state index in [1.807, 2.05) is 12.3 Å². The lowest BCUT2D eigenvalue weighted by Gasteiger charge is -2.28. The Hall–Kier alpha value is -1.81. The molecule has 0 unspecified atom stereocenters. The Balaban J connectivity index is 1.64. The number of nitrogens with one attached hydrogen (secondary N) is 2. The lowest BCUT2D eigenvalue weighted by Crippen LogP contribution is -2.49. The van der Waals surface area contributed by atoms with E-state index in [9.17, 15) is 9.90 Å². The highest BCUT2D eigenvalue weighted by molar-refractivity contribution is 5.86. The highest BCUT2D eigenvalue weighted by Gasteiger charge is 2.34. The molecule has 1 saturated carbocycles. The van der Waals surface area contributed by atoms with Crippen LogP contribution in [-0.4, -0.2) is 28.1 Å². The number of aliphatic hydroxyl groups is 1. The van der Waals surface area contributed by atoms with Crippen molar-refractivity contribution in [3.05, 3.63) is 35.5 Å². The van der Waals surface area contributed by atoms with Gasteiger partial charge in [0.2, 0.25) is 5.91 Å². The molecule has 0 bridgehead atoms. The van der Waals surface area contributed by atoms with E-state index in [1.54, 1.807) is 0 Å². The summed E-state index contributed by atoms with van der Waals surface area (Å²) < 4.78 is 0. The normalized spacial score (nSPS) is 17.0. The van der Waals surface area contributed by atoms with Crippen molar-refractivity contribution >= 4 is 16.8 Å². The van der Waals surface area contributed by atoms with Crippen molar-refractivity contribution in [2.24, 2.45) is 0 Å². The number of H-pyrrole nitrogens is 1. The maximum atomic E-state index is 12.2. The van der Waals surface area contributed by atoms with Gasteiger partial charge in [0.25, 0.3) is 0 Å². The predicted molar refractivity (Wildman–Crippen MR) is 87.8 cm³/mol. The van der Waals surface area contributed by atoms with Gasteiger partial charge in [0.1, 0.15) is 0 Å². The van der Waals surface area contributed by atoms with Crippen molar-refractivity contribution in [3.8, 4) is 0 Å². The first kappa shape index (κ1) is 15.1. The van der Waals surface area contributed by atoms with Gasteiger partial charge in [-0.15, -0.1) is 0 Å². The van der Waals surface area contributed by atoms with Crippen molar-refractivity contribution in [2.75, 3.05) is 6.61 Å². The first-order valence-corrected chi connectivity index (χ1v) is 8.11. The Morgan fingerprint density at radius 2 is 2.14 bits per heavy atom. The van der Waals surface area contributed by atoms with E-state index < -0.39 is 0 Å². The molecule has 1 fully saturated rings. The van der Waals surface area contributed by atoms with Gasteiger partial charge in [-0.05, 0) is 37.3 Å². The molecule has 0 saturated heterocycles. The van der Waals surface area contributed by atoms with Crippen molar-refractivity contribution in [1.82, 2.24) is 10.3 Å². The lowest BCUT2D eigenvalue weighted by atomic mass is 9.98. The average Bonchev–Trinajstić information content (AvgIpc) is 3.13. The van der Waals surface area contributed by atoms with E-state index in [4.69, 9.17) is 0 Å². The summed E-state index contributed by atoms with van der Waals surface area (Å²) in [5.74, 6) is 0.0398. The molecule has 1 aliphatic carbocycles. The molecule has 1 heterocycles. The number of carbonyl (C=O) groups is 1. The molecule has 3 rings (SSSR count). The quantitative estimate of drug-likeness (QED) is 0.795. The van der Waals surface area contributed by atoms with Crippen molar-refractivity contribution < 1.29 is 9.90 Å². The minimum Gasteiger partial charge on any atom is -0.394 e. The molecular formula is C18H24N2O2. The molecular weight excluding hydrogens is 276 g/mol. The maximum Gasteiger partial charge on any atom is 0.220 e. The smallest absolute Gasteiger partial charge is 0.220 e. The van der Waals surface area contributed by atoms with Crippen LogP contribution in [0.25, 0.3) is 10.9 Å². The molecule has 0 radical (unpaired) electrons. The number of benzene rings is 1. The average molecular weight is 300 g/mol. The molecule has 1 aromatic carbocycles. The lowest BCUT2D eigenvalue weighted by molar-refractivity contribution is -0.123. The second-order valence-electron chi connectivity index (χ2n) is 6.51. The van der Waals surface area contributed by atoms with E-state index >= 15 is 0 Å². The summed E-state index contributed by atoms with van der Waals surface area (Å²) in [5.41, 5.74) is 3.19. The minimum atomic E-state index is -0.367. The van der Waals surface area contributed by atoms with Gasteiger partial charge in [-0.25, -0.2) is 0 Å². The Labute approximate surface area is 130 Å². The Bertz CT molecular complexity index is 669. The van der Waals surface area contributed by atoms with Gasteiger partial charge in [0.15, 0.2) is 0 Å². The summed E-state index contributed by atoms with van der Waals surface area (Å²) in [6, 6.07) is 6.23. The zero-order chi connectivity index (χ0) is 15.6. The minimum absolute atomic E-state index is 0.0398. The Morgan fingerprint density at radius 3 is 2.86 bits per heavy atom. The summed E-state index contributed by atoms with van der Waals surface area (Å²) in [4.78, 5) is 15.5. The van der Waals surface area contributed by atoms with Gasteiger partial charge in [-0.1, -0.05) is 31.0 Å². The fraction of sp³-hybridized carbons (Fsp3) is 0.500. The van der Waals surface area contributed by atoms with Gasteiger partial charge in [0, 0.05) is 23.5 Å². The monoisotopic (exact) mass is 300 g/mol. The number of para-hydroxylation sites is 1. The fourth-order valence-electron chi connectivity index (χ4n) is 3.55. The molecule has 1 amide bonds. The molecule has 118 valence electrons. The first-order valence-electron chi connectivity index (χ1n) is 8.11. The van der Waals surface area contributed by atoms with E-state index in [1.165, 1.54) is 16.5 Å². The number of rotatable bonds is 5. The number of hydrogen-bond acceptors (Lipinski definition) is 2. The van der Waals surface area contributed by atoms with Crippen LogP contribution in [0.2, 0.25) is 0 Å². The molecule has 4 heteroatoms. The van der Waals surface area contributed by atoms with Gasteiger partial charge >= 0.3 is 0 Å². The largest absolute Gasteiger partial charge is 0.394 e. The second kappa shape index (κ2) is 6.13. The zero-order valence-electron chi connectivity index (χ0n) is 13.1. The molecule has 0 spiro atoms. The summed E-state index contributed by atoms with van der Waals surface area (Å²) in [7, 11) is 0. The van der Waals surface area contributed by atoms with Gasteiger partial charge in [0.05, 0.1) is 12.1 Å². The van der Waals surface area contributed by atoms with Crippen LogP contribution in [0.1, 0.15) is 43.2 Å². The maximum absolute atomic E-state index is 12.2. The van der Waals surface area contributed by atoms with Crippen LogP contribution >= 0.6 is 0 Å². The van der Waals surface area contributed by atoms with Gasteiger partial charge < -0.3 is 15.4 Å². The molecule has 4 nitrogen and oxygen atoms in total. The van der Waals surface area contributed by atoms with Crippen LogP contribution in [-0.2, 0) is 11.2 Å². The Kier molecular flexibility index (Phi) is 4.21. The zero-order valence-corrected chi connectivity index (χ0v) is 13.1. The van der Waals surface area contributed by atoms with Gasteiger partial charge in [-0.3, -0.25) is 4.79 Å². The second-order valence-corrected chi connectivity index (χ2v) is 6.51. The van der Waals surface area contributed by atoms with E-state index in [0.717, 1.165) is 37.6 Å². The SMILES string of the molecule is Cc1cccc2c(CCC(=O)NC3(CO)CCCC3)c[nH]c12. The summed E-state index contributed by atoms with van der Waals surface area (Å²) in [6.07, 6.45) is 7.13. The first-order chi connectivity index (χ1) is 10.6. The fourth-order valence-corrected chi connectivity index (χ4v) is 3.55. The van der Waals surface area contributed by atoms with Crippen LogP contribution in [0, 0.1) is 6.92 Å². The van der Waals surface area contributed by atoms with Crippen LogP contribution < -0.4 is 5.32 Å². The van der Waals surface area contributed by atoms with Crippen LogP contribution in [0.4, 0.5) is 0 Å². The third-order valence-electron chi connectivity index (χ3n) is 4.90. The Morgan fingerprint density at radius 1 is 1.36 bits per heavy atom. The molecule has 1 aromatic heterocycles. The number of amides is 1. The third kappa shape index (κ3) is 2.88. The number of fused-ring (bicyclic) bond motifs is 1. The topological polar surface area (TPSA) is 65.1 Å². The van der Waals surface area contributed by atoms with E-state index in [2.05, 4.69) is 29.4 Å². The number of hydrogen-bond donors (Lipinski definition) is 3. The van der Waals surface area contributed by atoms with Crippen LogP contribution in [0.3, 0.4) is 0 Å². The summed E-state index contributed by atoms with van der Waals surface area (Å²) in [5, 5.41) is 13.8. The number of carbonyl (C=O) groups excluding carboxylic acids is 1. The molecule has 0 atom stereocenters. The predicted octanol–water partition coefficient (Wildman–Crippen LogP) is 2.83. The molecule has 2 aromatic rings. The molecule has 3 N–H and O–H groups in total. The van der Waals surface area contributed by atoms with Crippen molar-refractivity contribution in [3.63, 3.8) is 0 Å². The number of aliphatic hydroxyl groups excluding tert-OH is 1. The van der Waals surface area contributed by atoms with Crippen molar-refractivity contribution in [2.45, 2.75) is 51.0 Å². The van der Waals surface area contributed by atoms with Crippen LogP contribution in [0.15, 0.2) is 24.4 Å². The van der Waals surface area contributed by atoms with Gasteiger partial charge in [-0.2, -0.15) is 0 Å². The standard InChI is InChI=1S/C18H24N2O2/c1-13-5-4-6-15-14(11-19-17(13)15)7-8-16(22)20-18(12-21)9-2-3-10-18/h4-6,11,19,21H,2-3,7-10,12H2,1H3,(H,20,22). The summed E-state index contributed by atoms with van der Waals surface area (Å²) in [6.45, 7) is 2.13. The number of aryl methyl sites for hydroxylation is 2. The molecule has 22 heavy (non-hydrogen) atoms. The van der Waals surface area contributed by atoms with E-state index in [0.29, 0.717) is 6.42 Å². The third-order valence-corrected chi connectivity index (χ3v) is 4.90. The number of aromatic amines is 1. The highest BCUT2D eigenvalue weighted by atomic mass is 16.3. The van der Waals surface area contributed by atoms with E-state index in [-0.39, 0.29) is 18.1 Å². The highest BCUT2D eigenvalue weighted by Crippen LogP contribution is 2.29.